The summed E-state index contributed by atoms with van der Waals surface area (Å²) in [7, 11) is 0. The Morgan fingerprint density at radius 2 is 2.19 bits per heavy atom. The summed E-state index contributed by atoms with van der Waals surface area (Å²) in [6.45, 7) is 5.56. The van der Waals surface area contributed by atoms with Crippen molar-refractivity contribution < 1.29 is 14.3 Å². The van der Waals surface area contributed by atoms with Crippen LogP contribution in [0.3, 0.4) is 0 Å². The number of hydrogen-bond donors (Lipinski definition) is 2. The SMILES string of the molecule is CCCCCC1N=C2C3=C(NCNC3)[N+](=O)[N+]2(CC)C1=O. The number of carbonyl (C=O) groups excluding carboxylic acids is 1. The number of nitrogens with one attached hydrogen (secondary N) is 2. The fourth-order valence-electron chi connectivity index (χ4n) is 3.40. The molecule has 2 unspecified atom stereocenters. The number of hydrogen-bond acceptors (Lipinski definition) is 5. The Bertz CT molecular complexity index is 554. The van der Waals surface area contributed by atoms with E-state index in [1.807, 2.05) is 6.92 Å². The molecule has 0 aliphatic carbocycles. The van der Waals surface area contributed by atoms with E-state index in [4.69, 9.17) is 0 Å². The van der Waals surface area contributed by atoms with Crippen molar-refractivity contribution in [3.8, 4) is 0 Å². The molecular formula is C14H23N5O2+2. The third-order valence-corrected chi connectivity index (χ3v) is 4.56. The molecule has 3 aliphatic rings. The Morgan fingerprint density at radius 1 is 1.38 bits per heavy atom. The molecule has 21 heavy (non-hydrogen) atoms. The molecule has 0 saturated heterocycles. The first kappa shape index (κ1) is 14.3. The number of unbranched alkanes of at least 4 members (excludes halogenated alkanes) is 2. The van der Waals surface area contributed by atoms with Crippen LogP contribution in [-0.4, -0.2) is 47.0 Å². The van der Waals surface area contributed by atoms with Crippen molar-refractivity contribution >= 4 is 11.7 Å². The number of amidine groups is 1. The molecule has 0 aromatic carbocycles. The number of aliphatic imine (C=N–C) groups is 1. The Kier molecular flexibility index (Phi) is 3.62. The number of rotatable bonds is 5. The van der Waals surface area contributed by atoms with E-state index in [0.29, 0.717) is 31.4 Å². The van der Waals surface area contributed by atoms with E-state index >= 15 is 0 Å². The van der Waals surface area contributed by atoms with Crippen LogP contribution in [-0.2, 0) is 4.79 Å². The number of nitroso groups, excluding NO2 is 1. The van der Waals surface area contributed by atoms with Crippen molar-refractivity contribution in [1.82, 2.24) is 10.6 Å². The fourth-order valence-corrected chi connectivity index (χ4v) is 3.40. The molecule has 114 valence electrons. The molecule has 2 N–H and O–H groups in total. The first-order chi connectivity index (χ1) is 10.2. The summed E-state index contributed by atoms with van der Waals surface area (Å²) in [5, 5.41) is 6.22. The van der Waals surface area contributed by atoms with Crippen LogP contribution in [0.25, 0.3) is 0 Å². The summed E-state index contributed by atoms with van der Waals surface area (Å²) >= 11 is 0. The van der Waals surface area contributed by atoms with Gasteiger partial charge in [-0.1, -0.05) is 26.2 Å². The van der Waals surface area contributed by atoms with Crippen LogP contribution in [0, 0.1) is 4.91 Å². The molecule has 0 fully saturated rings. The van der Waals surface area contributed by atoms with Crippen molar-refractivity contribution in [1.29, 1.82) is 0 Å². The van der Waals surface area contributed by atoms with Crippen molar-refractivity contribution in [3.05, 3.63) is 16.3 Å². The maximum Gasteiger partial charge on any atom is 0.389 e. The zero-order chi connectivity index (χ0) is 15.0. The van der Waals surface area contributed by atoms with Gasteiger partial charge in [-0.25, -0.2) is 9.79 Å². The molecule has 7 heteroatoms. The van der Waals surface area contributed by atoms with Crippen LogP contribution in [0.4, 0.5) is 0 Å². The Balaban J connectivity index is 1.94. The van der Waals surface area contributed by atoms with Gasteiger partial charge < -0.3 is 0 Å². The number of quaternary nitrogens is 1. The Labute approximate surface area is 124 Å². The molecule has 0 saturated carbocycles. The van der Waals surface area contributed by atoms with Gasteiger partial charge in [-0.15, -0.1) is 0 Å². The molecular weight excluding hydrogens is 270 g/mol. The normalized spacial score (nSPS) is 31.1. The van der Waals surface area contributed by atoms with Crippen molar-refractivity contribution in [2.75, 3.05) is 19.8 Å². The van der Waals surface area contributed by atoms with E-state index in [-0.39, 0.29) is 16.5 Å². The van der Waals surface area contributed by atoms with Gasteiger partial charge in [-0.3, -0.25) is 10.6 Å². The third kappa shape index (κ3) is 1.87. The molecule has 3 heterocycles. The monoisotopic (exact) mass is 293 g/mol. The van der Waals surface area contributed by atoms with Gasteiger partial charge in [0.1, 0.15) is 13.2 Å². The molecule has 7 nitrogen and oxygen atoms in total. The molecule has 2 atom stereocenters. The predicted molar refractivity (Wildman–Crippen MR) is 77.8 cm³/mol. The minimum Gasteiger partial charge on any atom is -0.277 e. The lowest BCUT2D eigenvalue weighted by atomic mass is 10.1. The van der Waals surface area contributed by atoms with E-state index in [1.165, 1.54) is 0 Å². The number of nitrogens with zero attached hydrogens (tertiary/aromatic N) is 3. The summed E-state index contributed by atoms with van der Waals surface area (Å²) in [6, 6.07) is -0.362. The molecule has 0 radical (unpaired) electrons. The van der Waals surface area contributed by atoms with Gasteiger partial charge in [-0.05, 0) is 22.8 Å². The highest BCUT2D eigenvalue weighted by atomic mass is 16.4. The number of fused-ring (bicyclic) bond motifs is 2. The molecule has 0 aromatic rings. The molecule has 1 amide bonds. The van der Waals surface area contributed by atoms with Crippen LogP contribution in [0.1, 0.15) is 39.5 Å². The van der Waals surface area contributed by atoms with Gasteiger partial charge in [-0.2, -0.15) is 0 Å². The standard InChI is InChI=1S/C14H23N5O2/c1-3-5-6-7-11-14(20)19(4-2)13(17-11)10-8-15-9-16-12(10)18(19)21/h11,15-16H,3-9H2,1-2H3/q+2. The highest BCUT2D eigenvalue weighted by Gasteiger charge is 2.68. The Hall–Kier alpha value is -1.60. The zero-order valence-corrected chi connectivity index (χ0v) is 12.7. The molecule has 3 rings (SSSR count). The van der Waals surface area contributed by atoms with E-state index in [2.05, 4.69) is 22.5 Å². The lowest BCUT2D eigenvalue weighted by Gasteiger charge is -2.18. The largest absolute Gasteiger partial charge is 0.389 e. The fraction of sp³-hybridized carbons (Fsp3) is 0.714. The lowest BCUT2D eigenvalue weighted by Crippen LogP contribution is -2.58. The predicted octanol–water partition coefficient (Wildman–Crippen LogP) is 0.780. The minimum absolute atomic E-state index is 0.0743. The van der Waals surface area contributed by atoms with E-state index in [9.17, 15) is 9.70 Å². The van der Waals surface area contributed by atoms with Gasteiger partial charge >= 0.3 is 11.7 Å². The topological polar surface area (TPSA) is 73.6 Å². The quantitative estimate of drug-likeness (QED) is 0.446. The van der Waals surface area contributed by atoms with Crippen LogP contribution in [0.15, 0.2) is 16.4 Å². The van der Waals surface area contributed by atoms with E-state index in [0.717, 1.165) is 36.1 Å². The summed E-state index contributed by atoms with van der Waals surface area (Å²) in [4.78, 5) is 31.0. The third-order valence-electron chi connectivity index (χ3n) is 4.56. The highest BCUT2D eigenvalue weighted by Crippen LogP contribution is 2.36. The average Bonchev–Trinajstić information content (AvgIpc) is 2.93. The van der Waals surface area contributed by atoms with Crippen LogP contribution in [0.2, 0.25) is 0 Å². The van der Waals surface area contributed by atoms with Crippen molar-refractivity contribution in [2.24, 2.45) is 4.99 Å². The summed E-state index contributed by atoms with van der Waals surface area (Å²) < 4.78 is -0.282. The summed E-state index contributed by atoms with van der Waals surface area (Å²) in [6.07, 6.45) is 3.93. The van der Waals surface area contributed by atoms with Crippen molar-refractivity contribution in [3.63, 3.8) is 0 Å². The smallest absolute Gasteiger partial charge is 0.277 e. The maximum absolute atomic E-state index is 12.8. The Morgan fingerprint density at radius 3 is 2.90 bits per heavy atom. The van der Waals surface area contributed by atoms with Crippen LogP contribution in [0.5, 0.6) is 0 Å². The van der Waals surface area contributed by atoms with Gasteiger partial charge in [0.15, 0.2) is 16.5 Å². The first-order valence-electron chi connectivity index (χ1n) is 7.83. The van der Waals surface area contributed by atoms with Crippen LogP contribution < -0.4 is 10.6 Å². The molecule has 0 bridgehead atoms. The molecule has 3 aliphatic heterocycles. The lowest BCUT2D eigenvalue weighted by molar-refractivity contribution is -1.22. The second kappa shape index (κ2) is 5.31. The summed E-state index contributed by atoms with van der Waals surface area (Å²) in [5.74, 6) is 1.08. The van der Waals surface area contributed by atoms with Crippen molar-refractivity contribution in [2.45, 2.75) is 45.6 Å². The molecule has 0 spiro atoms. The van der Waals surface area contributed by atoms with E-state index < -0.39 is 0 Å². The number of likely N-dealkylation sites (N-methyl/N-ethyl adjacent to an activating group) is 1. The zero-order valence-electron chi connectivity index (χ0n) is 12.7. The van der Waals surface area contributed by atoms with Gasteiger partial charge in [0.25, 0.3) is 5.84 Å². The first-order valence-corrected chi connectivity index (χ1v) is 7.83. The van der Waals surface area contributed by atoms with Gasteiger partial charge in [0.2, 0.25) is 0 Å². The minimum atomic E-state index is -0.362. The second-order valence-electron chi connectivity index (χ2n) is 5.77. The summed E-state index contributed by atoms with van der Waals surface area (Å²) in [5.41, 5.74) is 0.851. The number of amides is 1. The van der Waals surface area contributed by atoms with Gasteiger partial charge in [0, 0.05) is 6.54 Å². The number of carbonyl (C=O) groups is 1. The second-order valence-corrected chi connectivity index (χ2v) is 5.77. The van der Waals surface area contributed by atoms with Crippen LogP contribution >= 0.6 is 0 Å². The average molecular weight is 293 g/mol. The maximum atomic E-state index is 12.8. The molecule has 0 aromatic heterocycles. The van der Waals surface area contributed by atoms with E-state index in [1.54, 1.807) is 0 Å². The van der Waals surface area contributed by atoms with Gasteiger partial charge in [0.05, 0.1) is 0 Å². The highest BCUT2D eigenvalue weighted by molar-refractivity contribution is 6.05.